The van der Waals surface area contributed by atoms with Crippen LogP contribution in [0, 0.1) is 0 Å². The maximum Gasteiger partial charge on any atom is 0.179 e. The van der Waals surface area contributed by atoms with Gasteiger partial charge in [-0.15, -0.1) is 0 Å². The Kier molecular flexibility index (Phi) is 4.23. The van der Waals surface area contributed by atoms with Gasteiger partial charge < -0.3 is 4.90 Å². The largest absolute Gasteiger partial charge is 0.347 e. The van der Waals surface area contributed by atoms with Crippen LogP contribution in [0.4, 0.5) is 0 Å². The van der Waals surface area contributed by atoms with Crippen molar-refractivity contribution < 1.29 is 0 Å². The fraction of sp³-hybridized carbons (Fsp3) is 0.278. The number of allylic oxidation sites excluding steroid dienone is 1. The van der Waals surface area contributed by atoms with Crippen LogP contribution in [0.25, 0.3) is 5.57 Å². The molecule has 122 valence electrons. The Balaban J connectivity index is 1.58. The lowest BCUT2D eigenvalue weighted by molar-refractivity contribution is 0.111. The van der Waals surface area contributed by atoms with Crippen LogP contribution < -0.4 is 0 Å². The van der Waals surface area contributed by atoms with Crippen molar-refractivity contribution in [2.24, 2.45) is 4.99 Å². The molecule has 0 N–H and O–H groups in total. The molecule has 24 heavy (non-hydrogen) atoms. The Morgan fingerprint density at radius 3 is 3.04 bits per heavy atom. The van der Waals surface area contributed by atoms with E-state index in [0.717, 1.165) is 30.9 Å². The summed E-state index contributed by atoms with van der Waals surface area (Å²) in [5.41, 5.74) is 4.50. The average Bonchev–Trinajstić information content (AvgIpc) is 3.18. The zero-order valence-corrected chi connectivity index (χ0v) is 14.4. The first-order chi connectivity index (χ1) is 11.8. The highest BCUT2D eigenvalue weighted by molar-refractivity contribution is 7.08. The molecule has 1 atom stereocenters. The van der Waals surface area contributed by atoms with Gasteiger partial charge in [-0.05, 0) is 46.5 Å². The fourth-order valence-electron chi connectivity index (χ4n) is 3.08. The molecule has 0 spiro atoms. The maximum atomic E-state index is 4.94. The third kappa shape index (κ3) is 3.02. The molecule has 2 aliphatic heterocycles. The molecule has 0 aliphatic carbocycles. The van der Waals surface area contributed by atoms with Crippen LogP contribution >= 0.6 is 11.3 Å². The summed E-state index contributed by atoms with van der Waals surface area (Å²) in [5, 5.41) is 4.35. The summed E-state index contributed by atoms with van der Waals surface area (Å²) in [5.74, 6) is 0. The average molecular weight is 337 g/mol. The van der Waals surface area contributed by atoms with Crippen LogP contribution in [0.1, 0.15) is 17.7 Å². The second-order valence-corrected chi connectivity index (χ2v) is 6.72. The second-order valence-electron chi connectivity index (χ2n) is 5.94. The third-order valence-electron chi connectivity index (χ3n) is 4.33. The minimum absolute atomic E-state index is 0.00213. The third-order valence-corrected chi connectivity index (χ3v) is 5.01. The molecule has 1 unspecified atom stereocenters. The van der Waals surface area contributed by atoms with Crippen molar-refractivity contribution in [3.05, 3.63) is 65.0 Å². The number of hydrogen-bond donors (Lipinski definition) is 0. The quantitative estimate of drug-likeness (QED) is 0.864. The molecule has 2 aromatic rings. The Labute approximate surface area is 145 Å². The first-order valence-corrected chi connectivity index (χ1v) is 8.95. The summed E-state index contributed by atoms with van der Waals surface area (Å²) in [6.45, 7) is 1.93. The van der Waals surface area contributed by atoms with Crippen LogP contribution in [-0.4, -0.2) is 51.9 Å². The normalized spacial score (nSPS) is 21.5. The predicted octanol–water partition coefficient (Wildman–Crippen LogP) is 2.86. The summed E-state index contributed by atoms with van der Waals surface area (Å²) in [6, 6.07) is 4.10. The molecule has 0 aromatic carbocycles. The van der Waals surface area contributed by atoms with Gasteiger partial charge in [0.15, 0.2) is 6.29 Å². The van der Waals surface area contributed by atoms with Gasteiger partial charge in [-0.25, -0.2) is 15.0 Å². The number of thiophene rings is 1. The molecule has 4 rings (SSSR count). The van der Waals surface area contributed by atoms with Crippen molar-refractivity contribution >= 4 is 22.6 Å². The van der Waals surface area contributed by atoms with Crippen molar-refractivity contribution in [1.82, 2.24) is 19.8 Å². The molecule has 0 saturated heterocycles. The van der Waals surface area contributed by atoms with Gasteiger partial charge in [0.2, 0.25) is 0 Å². The topological polar surface area (TPSA) is 44.6 Å². The number of nitrogens with zero attached hydrogens (tertiary/aromatic N) is 5. The van der Waals surface area contributed by atoms with E-state index in [1.54, 1.807) is 23.9 Å². The van der Waals surface area contributed by atoms with Crippen LogP contribution in [0.3, 0.4) is 0 Å². The number of rotatable bonds is 3. The molecule has 4 heterocycles. The van der Waals surface area contributed by atoms with Gasteiger partial charge in [-0.2, -0.15) is 11.3 Å². The van der Waals surface area contributed by atoms with Crippen molar-refractivity contribution in [3.63, 3.8) is 0 Å². The number of aliphatic imine (C=N–C) groups is 1. The second kappa shape index (κ2) is 6.67. The van der Waals surface area contributed by atoms with Crippen LogP contribution in [0.15, 0.2) is 58.8 Å². The standard InChI is InChI=1S/C18H19N5S/c1-22-9-5-17(16-4-7-19-13-20-16)21-18(22)23-8-2-3-14(11-23)15-6-10-24-12-15/h3-7,9-10,12-13,18H,2,8,11H2,1H3. The fourth-order valence-corrected chi connectivity index (χ4v) is 3.76. The Hall–Kier alpha value is -2.31. The van der Waals surface area contributed by atoms with Gasteiger partial charge in [0.25, 0.3) is 0 Å². The Morgan fingerprint density at radius 2 is 2.25 bits per heavy atom. The maximum absolute atomic E-state index is 4.94. The van der Waals surface area contributed by atoms with E-state index in [4.69, 9.17) is 4.99 Å². The van der Waals surface area contributed by atoms with Gasteiger partial charge in [-0.1, -0.05) is 6.08 Å². The zero-order valence-electron chi connectivity index (χ0n) is 13.5. The van der Waals surface area contributed by atoms with Crippen molar-refractivity contribution in [1.29, 1.82) is 0 Å². The first-order valence-electron chi connectivity index (χ1n) is 8.01. The van der Waals surface area contributed by atoms with Gasteiger partial charge in [0.1, 0.15) is 6.33 Å². The van der Waals surface area contributed by atoms with E-state index in [2.05, 4.69) is 55.9 Å². The van der Waals surface area contributed by atoms with E-state index >= 15 is 0 Å². The van der Waals surface area contributed by atoms with Gasteiger partial charge in [0, 0.05) is 32.5 Å². The summed E-state index contributed by atoms with van der Waals surface area (Å²) in [4.78, 5) is 17.8. The molecule has 2 aliphatic rings. The van der Waals surface area contributed by atoms with E-state index in [1.807, 2.05) is 12.1 Å². The summed E-state index contributed by atoms with van der Waals surface area (Å²) >= 11 is 1.75. The van der Waals surface area contributed by atoms with Gasteiger partial charge >= 0.3 is 0 Å². The van der Waals surface area contributed by atoms with E-state index in [1.165, 1.54) is 11.1 Å². The Morgan fingerprint density at radius 1 is 1.29 bits per heavy atom. The van der Waals surface area contributed by atoms with E-state index in [0.29, 0.717) is 0 Å². The predicted molar refractivity (Wildman–Crippen MR) is 97.7 cm³/mol. The molecule has 6 heteroatoms. The molecule has 0 radical (unpaired) electrons. The van der Waals surface area contributed by atoms with Crippen LogP contribution in [0.2, 0.25) is 0 Å². The molecule has 2 aromatic heterocycles. The molecule has 0 amide bonds. The zero-order chi connectivity index (χ0) is 16.4. The lowest BCUT2D eigenvalue weighted by Crippen LogP contribution is -2.47. The molecule has 0 saturated carbocycles. The minimum Gasteiger partial charge on any atom is -0.347 e. The Bertz CT molecular complexity index is 779. The monoisotopic (exact) mass is 337 g/mol. The van der Waals surface area contributed by atoms with Crippen LogP contribution in [-0.2, 0) is 0 Å². The molecular formula is C18H19N5S. The lowest BCUT2D eigenvalue weighted by Gasteiger charge is -2.38. The molecule has 5 nitrogen and oxygen atoms in total. The summed E-state index contributed by atoms with van der Waals surface area (Å²) < 4.78 is 0. The smallest absolute Gasteiger partial charge is 0.179 e. The van der Waals surface area contributed by atoms with Crippen molar-refractivity contribution in [2.45, 2.75) is 12.7 Å². The van der Waals surface area contributed by atoms with E-state index in [-0.39, 0.29) is 6.29 Å². The molecular weight excluding hydrogens is 318 g/mol. The summed E-state index contributed by atoms with van der Waals surface area (Å²) in [6.07, 6.45) is 10.8. The van der Waals surface area contributed by atoms with Crippen molar-refractivity contribution in [2.75, 3.05) is 20.1 Å². The minimum atomic E-state index is 0.00213. The van der Waals surface area contributed by atoms with E-state index in [9.17, 15) is 0 Å². The number of hydrogen-bond acceptors (Lipinski definition) is 6. The lowest BCUT2D eigenvalue weighted by atomic mass is 10.0. The SMILES string of the molecule is CN1C=CC(c2ccncn2)=NC1N1CCC=C(c2ccsc2)C1. The first kappa shape index (κ1) is 15.2. The van der Waals surface area contributed by atoms with Crippen molar-refractivity contribution in [3.8, 4) is 0 Å². The molecule has 0 fully saturated rings. The summed E-state index contributed by atoms with van der Waals surface area (Å²) in [7, 11) is 2.07. The number of aromatic nitrogens is 2. The van der Waals surface area contributed by atoms with E-state index < -0.39 is 0 Å². The van der Waals surface area contributed by atoms with Crippen LogP contribution in [0.5, 0.6) is 0 Å². The highest BCUT2D eigenvalue weighted by Crippen LogP contribution is 2.26. The highest BCUT2D eigenvalue weighted by Gasteiger charge is 2.26. The molecule has 0 bridgehead atoms. The van der Waals surface area contributed by atoms with Gasteiger partial charge in [0.05, 0.1) is 11.4 Å². The van der Waals surface area contributed by atoms with Gasteiger partial charge in [-0.3, -0.25) is 4.90 Å². The highest BCUT2D eigenvalue weighted by atomic mass is 32.1.